The average molecular weight is 445 g/mol. The molecule has 0 aromatic heterocycles. The third-order valence-corrected chi connectivity index (χ3v) is 6.58. The summed E-state index contributed by atoms with van der Waals surface area (Å²) in [6, 6.07) is 7.86. The molecule has 1 aliphatic carbocycles. The van der Waals surface area contributed by atoms with Crippen LogP contribution < -0.4 is 4.74 Å². The Bertz CT molecular complexity index is 948. The number of phenols is 3. The number of aliphatic hydroxyl groups is 2. The zero-order valence-corrected chi connectivity index (χ0v) is 18.4. The largest absolute Gasteiger partial charge is 0.504 e. The monoisotopic (exact) mass is 444 g/mol. The summed E-state index contributed by atoms with van der Waals surface area (Å²) in [5.41, 5.74) is 1.81. The Hall–Kier alpha value is -2.77. The summed E-state index contributed by atoms with van der Waals surface area (Å²) < 4.78 is 5.11. The second kappa shape index (κ2) is 10.2. The molecule has 0 heterocycles. The van der Waals surface area contributed by atoms with Crippen LogP contribution in [-0.2, 0) is 23.2 Å². The lowest BCUT2D eigenvalue weighted by molar-refractivity contribution is -0.121. The normalized spacial score (nSPS) is 16.1. The van der Waals surface area contributed by atoms with Crippen LogP contribution in [0.25, 0.3) is 0 Å². The van der Waals surface area contributed by atoms with E-state index in [1.807, 2.05) is 0 Å². The van der Waals surface area contributed by atoms with Crippen molar-refractivity contribution < 1.29 is 35.1 Å². The van der Waals surface area contributed by atoms with Crippen LogP contribution in [-0.4, -0.2) is 44.5 Å². The fraction of sp³-hybridized carbons (Fsp3) is 0.480. The first kappa shape index (κ1) is 23.9. The lowest BCUT2D eigenvalue weighted by Crippen LogP contribution is -2.29. The standard InChI is InChI=1S/C25H32O7/c1-32-24-11-16(17(15-26)10-23(24)31)4-6-19(27)13-20(28)14-25(8-2-3-9-25)18-5-7-21(29)22(30)12-18/h5,7,10-12,20,26,28-31H,2-4,6,8-9,13-15H2,1H3. The summed E-state index contributed by atoms with van der Waals surface area (Å²) in [6.45, 7) is -0.258. The molecular weight excluding hydrogens is 412 g/mol. The van der Waals surface area contributed by atoms with Gasteiger partial charge in [0.25, 0.3) is 0 Å². The minimum atomic E-state index is -0.816. The number of methoxy groups -OCH3 is 1. The number of aliphatic hydroxyl groups excluding tert-OH is 2. The molecule has 0 bridgehead atoms. The molecule has 0 amide bonds. The Kier molecular flexibility index (Phi) is 7.64. The maximum atomic E-state index is 12.6. The van der Waals surface area contributed by atoms with Gasteiger partial charge in [-0.25, -0.2) is 0 Å². The lowest BCUT2D eigenvalue weighted by Gasteiger charge is -2.32. The van der Waals surface area contributed by atoms with Gasteiger partial charge in [-0.2, -0.15) is 0 Å². The van der Waals surface area contributed by atoms with Gasteiger partial charge in [0, 0.05) is 12.8 Å². The number of Topliss-reactive ketones (excluding diaryl/α,β-unsaturated/α-hetero) is 1. The number of phenolic OH excluding ortho intramolecular Hbond substituents is 3. The number of ketones is 1. The zero-order chi connectivity index (χ0) is 23.3. The number of hydrogen-bond donors (Lipinski definition) is 5. The molecule has 1 saturated carbocycles. The predicted octanol–water partition coefficient (Wildman–Crippen LogP) is 3.46. The molecule has 3 rings (SSSR count). The summed E-state index contributed by atoms with van der Waals surface area (Å²) >= 11 is 0. The Morgan fingerprint density at radius 3 is 2.38 bits per heavy atom. The molecule has 1 atom stereocenters. The Morgan fingerprint density at radius 2 is 1.75 bits per heavy atom. The van der Waals surface area contributed by atoms with Crippen molar-refractivity contribution in [1.82, 2.24) is 0 Å². The van der Waals surface area contributed by atoms with Crippen LogP contribution in [0.2, 0.25) is 0 Å². The second-order valence-electron chi connectivity index (χ2n) is 8.74. The van der Waals surface area contributed by atoms with Crippen molar-refractivity contribution in [3.63, 3.8) is 0 Å². The Labute approximate surface area is 187 Å². The SMILES string of the molecule is COc1cc(CCC(=O)CC(O)CC2(c3ccc(O)c(O)c3)CCCC2)c(CO)cc1O. The Morgan fingerprint density at radius 1 is 1.03 bits per heavy atom. The quantitative estimate of drug-likeness (QED) is 0.355. The molecule has 32 heavy (non-hydrogen) atoms. The average Bonchev–Trinajstić information content (AvgIpc) is 3.23. The lowest BCUT2D eigenvalue weighted by atomic mass is 9.74. The smallest absolute Gasteiger partial charge is 0.160 e. The van der Waals surface area contributed by atoms with Gasteiger partial charge >= 0.3 is 0 Å². The van der Waals surface area contributed by atoms with Crippen LogP contribution in [0.4, 0.5) is 0 Å². The van der Waals surface area contributed by atoms with Crippen molar-refractivity contribution in [3.8, 4) is 23.0 Å². The third-order valence-electron chi connectivity index (χ3n) is 6.58. The molecule has 5 N–H and O–H groups in total. The number of carbonyl (C=O) groups excluding carboxylic acids is 1. The number of benzene rings is 2. The van der Waals surface area contributed by atoms with Gasteiger partial charge < -0.3 is 30.3 Å². The minimum absolute atomic E-state index is 0.0233. The molecule has 1 aliphatic rings. The highest BCUT2D eigenvalue weighted by Crippen LogP contribution is 2.46. The predicted molar refractivity (Wildman–Crippen MR) is 119 cm³/mol. The highest BCUT2D eigenvalue weighted by atomic mass is 16.5. The zero-order valence-electron chi connectivity index (χ0n) is 18.4. The summed E-state index contributed by atoms with van der Waals surface area (Å²) in [5, 5.41) is 49.7. The van der Waals surface area contributed by atoms with Gasteiger partial charge in [0.05, 0.1) is 19.8 Å². The van der Waals surface area contributed by atoms with Crippen LogP contribution >= 0.6 is 0 Å². The van der Waals surface area contributed by atoms with Gasteiger partial charge in [-0.3, -0.25) is 4.79 Å². The number of hydrogen-bond acceptors (Lipinski definition) is 7. The first-order chi connectivity index (χ1) is 15.3. The van der Waals surface area contributed by atoms with Crippen molar-refractivity contribution in [2.24, 2.45) is 0 Å². The van der Waals surface area contributed by atoms with Gasteiger partial charge in [-0.05, 0) is 72.1 Å². The number of ether oxygens (including phenoxy) is 1. The Balaban J connectivity index is 1.63. The third kappa shape index (κ3) is 5.34. The van der Waals surface area contributed by atoms with E-state index in [-0.39, 0.29) is 53.6 Å². The maximum Gasteiger partial charge on any atom is 0.160 e. The summed E-state index contributed by atoms with van der Waals surface area (Å²) in [4.78, 5) is 12.6. The van der Waals surface area contributed by atoms with Gasteiger partial charge in [0.1, 0.15) is 5.78 Å². The maximum absolute atomic E-state index is 12.6. The summed E-state index contributed by atoms with van der Waals surface area (Å²) in [5.74, 6) is -0.224. The number of carbonyl (C=O) groups is 1. The number of aryl methyl sites for hydroxylation is 1. The highest BCUT2D eigenvalue weighted by molar-refractivity contribution is 5.79. The molecule has 174 valence electrons. The van der Waals surface area contributed by atoms with E-state index < -0.39 is 6.10 Å². The van der Waals surface area contributed by atoms with E-state index in [0.717, 1.165) is 36.8 Å². The van der Waals surface area contributed by atoms with Gasteiger partial charge in [0.15, 0.2) is 23.0 Å². The molecule has 0 radical (unpaired) electrons. The first-order valence-corrected chi connectivity index (χ1v) is 11.0. The first-order valence-electron chi connectivity index (χ1n) is 11.0. The van der Waals surface area contributed by atoms with Crippen LogP contribution in [0, 0.1) is 0 Å². The van der Waals surface area contributed by atoms with Crippen LogP contribution in [0.15, 0.2) is 30.3 Å². The molecule has 2 aromatic rings. The molecule has 7 nitrogen and oxygen atoms in total. The van der Waals surface area contributed by atoms with Crippen molar-refractivity contribution in [1.29, 1.82) is 0 Å². The van der Waals surface area contributed by atoms with Gasteiger partial charge in [-0.1, -0.05) is 18.9 Å². The molecule has 7 heteroatoms. The van der Waals surface area contributed by atoms with E-state index in [1.165, 1.54) is 19.2 Å². The van der Waals surface area contributed by atoms with E-state index in [4.69, 9.17) is 4.74 Å². The van der Waals surface area contributed by atoms with Crippen molar-refractivity contribution in [3.05, 3.63) is 47.0 Å². The highest BCUT2D eigenvalue weighted by Gasteiger charge is 2.38. The molecule has 0 saturated heterocycles. The summed E-state index contributed by atoms with van der Waals surface area (Å²) in [6.07, 6.45) is 3.92. The van der Waals surface area contributed by atoms with E-state index >= 15 is 0 Å². The molecule has 2 aromatic carbocycles. The molecule has 0 spiro atoms. The molecule has 0 aliphatic heterocycles. The van der Waals surface area contributed by atoms with Crippen molar-refractivity contribution in [2.75, 3.05) is 7.11 Å². The van der Waals surface area contributed by atoms with Gasteiger partial charge in [-0.15, -0.1) is 0 Å². The van der Waals surface area contributed by atoms with E-state index in [1.54, 1.807) is 18.2 Å². The molecule has 1 unspecified atom stereocenters. The fourth-order valence-electron chi connectivity index (χ4n) is 4.88. The fourth-order valence-corrected chi connectivity index (χ4v) is 4.88. The van der Waals surface area contributed by atoms with Crippen LogP contribution in [0.5, 0.6) is 23.0 Å². The number of rotatable bonds is 10. The van der Waals surface area contributed by atoms with E-state index in [0.29, 0.717) is 18.4 Å². The van der Waals surface area contributed by atoms with E-state index in [9.17, 15) is 30.3 Å². The van der Waals surface area contributed by atoms with E-state index in [2.05, 4.69) is 0 Å². The minimum Gasteiger partial charge on any atom is -0.504 e. The topological polar surface area (TPSA) is 127 Å². The van der Waals surface area contributed by atoms with Gasteiger partial charge in [0.2, 0.25) is 0 Å². The number of aromatic hydroxyl groups is 3. The van der Waals surface area contributed by atoms with Crippen molar-refractivity contribution >= 4 is 5.78 Å². The van der Waals surface area contributed by atoms with Crippen LogP contribution in [0.3, 0.4) is 0 Å². The summed E-state index contributed by atoms with van der Waals surface area (Å²) in [7, 11) is 1.44. The second-order valence-corrected chi connectivity index (χ2v) is 8.74. The molecule has 1 fully saturated rings. The van der Waals surface area contributed by atoms with Crippen LogP contribution in [0.1, 0.15) is 61.6 Å². The van der Waals surface area contributed by atoms with Crippen molar-refractivity contribution in [2.45, 2.75) is 69.5 Å². The molecular formula is C25H32O7.